The maximum atomic E-state index is 11.2. The van der Waals surface area contributed by atoms with Gasteiger partial charge >= 0.3 is 5.63 Å². The predicted octanol–water partition coefficient (Wildman–Crippen LogP) is 1.42. The molecule has 1 rings (SSSR count). The van der Waals surface area contributed by atoms with E-state index < -0.39 is 11.4 Å². The zero-order valence-corrected chi connectivity index (χ0v) is 8.38. The van der Waals surface area contributed by atoms with Crippen molar-refractivity contribution < 1.29 is 14.3 Å². The van der Waals surface area contributed by atoms with E-state index in [0.29, 0.717) is 17.7 Å². The summed E-state index contributed by atoms with van der Waals surface area (Å²) in [6.07, 6.45) is 0.516. The molecule has 0 aliphatic rings. The number of aryl methyl sites for hydroxylation is 1. The van der Waals surface area contributed by atoms with Gasteiger partial charge in [0.15, 0.2) is 5.78 Å². The van der Waals surface area contributed by atoms with Crippen LogP contribution >= 0.6 is 0 Å². The van der Waals surface area contributed by atoms with Crippen molar-refractivity contribution in [2.75, 3.05) is 0 Å². The van der Waals surface area contributed by atoms with E-state index in [1.807, 2.05) is 6.92 Å². The molecule has 4 heteroatoms. The number of Topliss-reactive ketones (excluding diaryl/α,β-unsaturated/α-hetero) is 1. The van der Waals surface area contributed by atoms with Crippen molar-refractivity contribution in [3.05, 3.63) is 27.3 Å². The Kier molecular flexibility index (Phi) is 2.74. The summed E-state index contributed by atoms with van der Waals surface area (Å²) >= 11 is 0. The van der Waals surface area contributed by atoms with Gasteiger partial charge in [-0.3, -0.25) is 4.79 Å². The van der Waals surface area contributed by atoms with Gasteiger partial charge in [-0.15, -0.1) is 0 Å². The van der Waals surface area contributed by atoms with Gasteiger partial charge in [0.1, 0.15) is 17.1 Å². The highest BCUT2D eigenvalue weighted by atomic mass is 16.4. The molecular weight excluding hydrogens is 184 g/mol. The van der Waals surface area contributed by atoms with Crippen LogP contribution in [-0.4, -0.2) is 10.9 Å². The number of hydrogen-bond donors (Lipinski definition) is 1. The van der Waals surface area contributed by atoms with Crippen LogP contribution in [0.4, 0.5) is 0 Å². The van der Waals surface area contributed by atoms with E-state index in [1.54, 1.807) is 6.92 Å². The highest BCUT2D eigenvalue weighted by Crippen LogP contribution is 2.23. The smallest absolute Gasteiger partial charge is 0.350 e. The Bertz CT molecular complexity index is 428. The lowest BCUT2D eigenvalue weighted by atomic mass is 10.1. The quantitative estimate of drug-likeness (QED) is 0.726. The molecule has 0 atom stereocenters. The third kappa shape index (κ3) is 1.55. The first-order chi connectivity index (χ1) is 6.49. The second kappa shape index (κ2) is 3.65. The molecule has 0 amide bonds. The van der Waals surface area contributed by atoms with E-state index in [4.69, 9.17) is 4.42 Å². The summed E-state index contributed by atoms with van der Waals surface area (Å²) in [4.78, 5) is 22.3. The van der Waals surface area contributed by atoms with Crippen LogP contribution in [0.5, 0.6) is 5.75 Å². The van der Waals surface area contributed by atoms with Crippen molar-refractivity contribution in [3.63, 3.8) is 0 Å². The van der Waals surface area contributed by atoms with Gasteiger partial charge in [-0.2, -0.15) is 0 Å². The van der Waals surface area contributed by atoms with Gasteiger partial charge in [-0.1, -0.05) is 6.92 Å². The van der Waals surface area contributed by atoms with Crippen molar-refractivity contribution in [2.45, 2.75) is 27.2 Å². The minimum Gasteiger partial charge on any atom is -0.506 e. The number of ketones is 1. The van der Waals surface area contributed by atoms with Crippen molar-refractivity contribution in [3.8, 4) is 5.75 Å². The first-order valence-corrected chi connectivity index (χ1v) is 4.35. The molecule has 0 unspecified atom stereocenters. The average Bonchev–Trinajstić information content (AvgIpc) is 2.02. The Hall–Kier alpha value is -1.58. The van der Waals surface area contributed by atoms with Crippen LogP contribution in [-0.2, 0) is 6.42 Å². The van der Waals surface area contributed by atoms with E-state index in [9.17, 15) is 14.7 Å². The van der Waals surface area contributed by atoms with E-state index in [-0.39, 0.29) is 11.3 Å². The number of aromatic hydroxyl groups is 1. The number of carbonyl (C=O) groups is 1. The lowest BCUT2D eigenvalue weighted by Gasteiger charge is -2.06. The van der Waals surface area contributed by atoms with Crippen LogP contribution in [0.25, 0.3) is 0 Å². The molecule has 0 aliphatic carbocycles. The molecule has 0 spiro atoms. The summed E-state index contributed by atoms with van der Waals surface area (Å²) in [6.45, 7) is 4.62. The molecule has 0 fully saturated rings. The molecule has 0 aliphatic heterocycles. The molecule has 1 aromatic heterocycles. The van der Waals surface area contributed by atoms with Crippen molar-refractivity contribution >= 4 is 5.78 Å². The van der Waals surface area contributed by atoms with Crippen molar-refractivity contribution in [2.24, 2.45) is 0 Å². The topological polar surface area (TPSA) is 67.5 Å². The Balaban J connectivity index is 3.60. The zero-order chi connectivity index (χ0) is 10.9. The van der Waals surface area contributed by atoms with Crippen LogP contribution in [0.15, 0.2) is 9.21 Å². The second-order valence-electron chi connectivity index (χ2n) is 3.06. The van der Waals surface area contributed by atoms with Crippen LogP contribution in [0.2, 0.25) is 0 Å². The largest absolute Gasteiger partial charge is 0.506 e. The van der Waals surface area contributed by atoms with Crippen molar-refractivity contribution in [1.82, 2.24) is 0 Å². The lowest BCUT2D eigenvalue weighted by molar-refractivity contribution is 0.101. The molecule has 0 saturated carbocycles. The normalized spacial score (nSPS) is 10.2. The summed E-state index contributed by atoms with van der Waals surface area (Å²) in [5.41, 5.74) is -0.521. The SMILES string of the molecule is CCc1c(C)oc(=O)c(C(C)=O)c1O. The van der Waals surface area contributed by atoms with E-state index in [2.05, 4.69) is 0 Å². The van der Waals surface area contributed by atoms with Crippen LogP contribution in [0.3, 0.4) is 0 Å². The highest BCUT2D eigenvalue weighted by Gasteiger charge is 2.18. The molecule has 0 saturated heterocycles. The summed E-state index contributed by atoms with van der Waals surface area (Å²) in [7, 11) is 0. The summed E-state index contributed by atoms with van der Waals surface area (Å²) in [5.74, 6) is -0.361. The first-order valence-electron chi connectivity index (χ1n) is 4.35. The van der Waals surface area contributed by atoms with Crippen molar-refractivity contribution in [1.29, 1.82) is 0 Å². The Morgan fingerprint density at radius 1 is 1.50 bits per heavy atom. The van der Waals surface area contributed by atoms with E-state index in [1.165, 1.54) is 6.92 Å². The van der Waals surface area contributed by atoms with E-state index in [0.717, 1.165) is 0 Å². The second-order valence-corrected chi connectivity index (χ2v) is 3.06. The van der Waals surface area contributed by atoms with Crippen LogP contribution in [0.1, 0.15) is 35.5 Å². The monoisotopic (exact) mass is 196 g/mol. The molecular formula is C10H12O4. The fraction of sp³-hybridized carbons (Fsp3) is 0.400. The van der Waals surface area contributed by atoms with E-state index >= 15 is 0 Å². The van der Waals surface area contributed by atoms with Gasteiger partial charge in [0.2, 0.25) is 0 Å². The molecule has 1 heterocycles. The van der Waals surface area contributed by atoms with Gasteiger partial charge in [0.25, 0.3) is 0 Å². The fourth-order valence-electron chi connectivity index (χ4n) is 1.39. The summed E-state index contributed by atoms with van der Waals surface area (Å²) < 4.78 is 4.84. The number of carbonyl (C=O) groups excluding carboxylic acids is 1. The maximum absolute atomic E-state index is 11.2. The first kappa shape index (κ1) is 10.5. The van der Waals surface area contributed by atoms with Gasteiger partial charge in [-0.05, 0) is 20.3 Å². The minimum absolute atomic E-state index is 0.242. The molecule has 0 bridgehead atoms. The number of rotatable bonds is 2. The third-order valence-corrected chi connectivity index (χ3v) is 2.10. The molecule has 1 aromatic rings. The van der Waals surface area contributed by atoms with Crippen LogP contribution < -0.4 is 5.63 Å². The molecule has 4 nitrogen and oxygen atoms in total. The Morgan fingerprint density at radius 3 is 2.50 bits per heavy atom. The zero-order valence-electron chi connectivity index (χ0n) is 8.38. The summed E-state index contributed by atoms with van der Waals surface area (Å²) in [6, 6.07) is 0. The molecule has 0 aromatic carbocycles. The minimum atomic E-state index is -0.773. The van der Waals surface area contributed by atoms with Gasteiger partial charge in [0, 0.05) is 5.56 Å². The molecule has 1 N–H and O–H groups in total. The standard InChI is InChI=1S/C10H12O4/c1-4-7-6(3)14-10(13)8(5(2)11)9(7)12/h12H,4H2,1-3H3. The van der Waals surface area contributed by atoms with Gasteiger partial charge in [-0.25, -0.2) is 4.79 Å². The maximum Gasteiger partial charge on any atom is 0.350 e. The Labute approximate surface area is 81.2 Å². The summed E-state index contributed by atoms with van der Waals surface area (Å²) in [5, 5.41) is 9.64. The van der Waals surface area contributed by atoms with Crippen LogP contribution in [0, 0.1) is 6.92 Å². The average molecular weight is 196 g/mol. The molecule has 0 radical (unpaired) electrons. The molecule has 14 heavy (non-hydrogen) atoms. The highest BCUT2D eigenvalue weighted by molar-refractivity contribution is 5.96. The Morgan fingerprint density at radius 2 is 2.07 bits per heavy atom. The number of hydrogen-bond acceptors (Lipinski definition) is 4. The lowest BCUT2D eigenvalue weighted by Crippen LogP contribution is -2.14. The third-order valence-electron chi connectivity index (χ3n) is 2.10. The predicted molar refractivity (Wildman–Crippen MR) is 50.8 cm³/mol. The fourth-order valence-corrected chi connectivity index (χ4v) is 1.39. The van der Waals surface area contributed by atoms with Gasteiger partial charge in [0.05, 0.1) is 0 Å². The molecule has 76 valence electrons. The van der Waals surface area contributed by atoms with Gasteiger partial charge < -0.3 is 9.52 Å².